The van der Waals surface area contributed by atoms with Crippen LogP contribution in [0.4, 0.5) is 0 Å². The minimum absolute atomic E-state index is 0.000512. The third-order valence-corrected chi connectivity index (χ3v) is 5.13. The number of nitrogens with zero attached hydrogens (tertiary/aromatic N) is 4. The smallest absolute Gasteiger partial charge is 0.255 e. The van der Waals surface area contributed by atoms with Crippen molar-refractivity contribution in [3.05, 3.63) is 60.0 Å². The van der Waals surface area contributed by atoms with Gasteiger partial charge in [-0.05, 0) is 17.5 Å². The lowest BCUT2D eigenvalue weighted by molar-refractivity contribution is -0.0954. The fourth-order valence-corrected chi connectivity index (χ4v) is 3.49. The summed E-state index contributed by atoms with van der Waals surface area (Å²) in [5.74, 6) is 0.299. The number of amides is 1. The van der Waals surface area contributed by atoms with Crippen molar-refractivity contribution in [1.82, 2.24) is 19.4 Å². The van der Waals surface area contributed by atoms with Crippen LogP contribution in [0.2, 0.25) is 0 Å². The Labute approximate surface area is 158 Å². The van der Waals surface area contributed by atoms with Gasteiger partial charge in [-0.2, -0.15) is 0 Å². The first-order valence-electron chi connectivity index (χ1n) is 9.29. The van der Waals surface area contributed by atoms with Crippen molar-refractivity contribution in [2.45, 2.75) is 26.1 Å². The van der Waals surface area contributed by atoms with Gasteiger partial charge < -0.3 is 14.2 Å². The van der Waals surface area contributed by atoms with Crippen molar-refractivity contribution >= 4 is 17.1 Å². The summed E-state index contributed by atoms with van der Waals surface area (Å²) >= 11 is 0. The van der Waals surface area contributed by atoms with E-state index in [0.717, 1.165) is 16.7 Å². The molecule has 6 nitrogen and oxygen atoms in total. The predicted molar refractivity (Wildman–Crippen MR) is 103 cm³/mol. The van der Waals surface area contributed by atoms with Crippen LogP contribution < -0.4 is 0 Å². The average molecular weight is 364 g/mol. The zero-order valence-electron chi connectivity index (χ0n) is 15.9. The number of carbonyl (C=O) groups excluding carboxylic acids is 1. The van der Waals surface area contributed by atoms with E-state index in [1.807, 2.05) is 40.8 Å². The first-order valence-corrected chi connectivity index (χ1v) is 9.29. The number of hydrogen-bond donors (Lipinski definition) is 0. The highest BCUT2D eigenvalue weighted by molar-refractivity contribution is 5.96. The summed E-state index contributed by atoms with van der Waals surface area (Å²) in [4.78, 5) is 23.8. The molecule has 0 unspecified atom stereocenters. The zero-order chi connectivity index (χ0) is 19.0. The summed E-state index contributed by atoms with van der Waals surface area (Å²) < 4.78 is 8.14. The summed E-state index contributed by atoms with van der Waals surface area (Å²) in [7, 11) is 1.89. The number of rotatable bonds is 3. The molecule has 6 heteroatoms. The van der Waals surface area contributed by atoms with Gasteiger partial charge >= 0.3 is 0 Å². The molecule has 1 fully saturated rings. The SMILES string of the molecule is CC(C)[C@H]1CN(C(=O)c2cnc3c(c2)ncn3C)C[C@@H](c2ccccc2)O1. The number of aromatic nitrogens is 3. The van der Waals surface area contributed by atoms with Gasteiger partial charge in [0.15, 0.2) is 5.65 Å². The molecule has 1 aliphatic heterocycles. The van der Waals surface area contributed by atoms with E-state index in [1.54, 1.807) is 12.5 Å². The largest absolute Gasteiger partial charge is 0.366 e. The van der Waals surface area contributed by atoms with Gasteiger partial charge in [-0.3, -0.25) is 4.79 Å². The number of imidazole rings is 1. The number of benzene rings is 1. The van der Waals surface area contributed by atoms with Gasteiger partial charge in [-0.25, -0.2) is 9.97 Å². The Hall–Kier alpha value is -2.73. The Balaban J connectivity index is 1.62. The van der Waals surface area contributed by atoms with Crippen LogP contribution in [0.15, 0.2) is 48.9 Å². The molecule has 3 heterocycles. The molecule has 0 aliphatic carbocycles. The monoisotopic (exact) mass is 364 g/mol. The normalized spacial score (nSPS) is 20.4. The number of carbonyl (C=O) groups is 1. The Morgan fingerprint density at radius 2 is 1.96 bits per heavy atom. The molecule has 1 amide bonds. The lowest BCUT2D eigenvalue weighted by Gasteiger charge is -2.40. The average Bonchev–Trinajstić information content (AvgIpc) is 3.08. The molecule has 0 spiro atoms. The van der Waals surface area contributed by atoms with Crippen LogP contribution in [-0.2, 0) is 11.8 Å². The molecule has 0 radical (unpaired) electrons. The molecule has 0 saturated carbocycles. The van der Waals surface area contributed by atoms with E-state index in [2.05, 4.69) is 35.9 Å². The first kappa shape index (κ1) is 17.7. The number of hydrogen-bond acceptors (Lipinski definition) is 4. The fourth-order valence-electron chi connectivity index (χ4n) is 3.49. The Bertz CT molecular complexity index is 951. The summed E-state index contributed by atoms with van der Waals surface area (Å²) in [6.07, 6.45) is 3.23. The number of aryl methyl sites for hydroxylation is 1. The Kier molecular flexibility index (Phi) is 4.66. The molecule has 4 rings (SSSR count). The second kappa shape index (κ2) is 7.12. The molecule has 2 atom stereocenters. The number of fused-ring (bicyclic) bond motifs is 1. The predicted octanol–water partition coefficient (Wildman–Crippen LogP) is 3.21. The highest BCUT2D eigenvalue weighted by Crippen LogP contribution is 2.29. The minimum Gasteiger partial charge on any atom is -0.366 e. The van der Waals surface area contributed by atoms with Crippen LogP contribution in [0.25, 0.3) is 11.2 Å². The van der Waals surface area contributed by atoms with Gasteiger partial charge in [0.25, 0.3) is 5.91 Å². The highest BCUT2D eigenvalue weighted by atomic mass is 16.5. The van der Waals surface area contributed by atoms with Gasteiger partial charge in [-0.15, -0.1) is 0 Å². The molecule has 1 saturated heterocycles. The molecule has 0 N–H and O–H groups in total. The maximum absolute atomic E-state index is 13.2. The van der Waals surface area contributed by atoms with Crippen molar-refractivity contribution in [3.63, 3.8) is 0 Å². The molecule has 0 bridgehead atoms. The molecule has 1 aliphatic rings. The lowest BCUT2D eigenvalue weighted by atomic mass is 10.0. The number of morpholine rings is 1. The minimum atomic E-state index is -0.122. The molecule has 1 aromatic carbocycles. The number of pyridine rings is 1. The van der Waals surface area contributed by atoms with Crippen LogP contribution >= 0.6 is 0 Å². The van der Waals surface area contributed by atoms with Crippen LogP contribution in [0.5, 0.6) is 0 Å². The standard InChI is InChI=1S/C21H24N4O2/c1-14(2)18-11-25(12-19(27-18)15-7-5-4-6-8-15)21(26)16-9-17-20(22-10-16)24(3)13-23-17/h4-10,13-14,18-19H,11-12H2,1-3H3/t18-,19+/m1/s1. The van der Waals surface area contributed by atoms with E-state index in [-0.39, 0.29) is 18.1 Å². The molecule has 3 aromatic rings. The van der Waals surface area contributed by atoms with Gasteiger partial charge in [0.1, 0.15) is 11.6 Å². The second-order valence-electron chi connectivity index (χ2n) is 7.45. The third-order valence-electron chi connectivity index (χ3n) is 5.13. The van der Waals surface area contributed by atoms with Gasteiger partial charge in [0.05, 0.1) is 24.5 Å². The third kappa shape index (κ3) is 3.45. The van der Waals surface area contributed by atoms with Crippen molar-refractivity contribution in [2.75, 3.05) is 13.1 Å². The van der Waals surface area contributed by atoms with E-state index in [9.17, 15) is 4.79 Å². The van der Waals surface area contributed by atoms with E-state index >= 15 is 0 Å². The quantitative estimate of drug-likeness (QED) is 0.716. The topological polar surface area (TPSA) is 60.2 Å². The lowest BCUT2D eigenvalue weighted by Crippen LogP contribution is -2.48. The van der Waals surface area contributed by atoms with E-state index in [4.69, 9.17) is 4.74 Å². The second-order valence-corrected chi connectivity index (χ2v) is 7.45. The summed E-state index contributed by atoms with van der Waals surface area (Å²) in [5, 5.41) is 0. The van der Waals surface area contributed by atoms with E-state index < -0.39 is 0 Å². The van der Waals surface area contributed by atoms with Crippen LogP contribution in [0.3, 0.4) is 0 Å². The Morgan fingerprint density at radius 3 is 2.70 bits per heavy atom. The maximum Gasteiger partial charge on any atom is 0.255 e. The van der Waals surface area contributed by atoms with Gasteiger partial charge in [0.2, 0.25) is 0 Å². The van der Waals surface area contributed by atoms with E-state index in [0.29, 0.717) is 24.6 Å². The van der Waals surface area contributed by atoms with Crippen LogP contribution in [0.1, 0.15) is 35.9 Å². The van der Waals surface area contributed by atoms with Crippen LogP contribution in [0, 0.1) is 5.92 Å². The zero-order valence-corrected chi connectivity index (χ0v) is 15.9. The molecule has 27 heavy (non-hydrogen) atoms. The summed E-state index contributed by atoms with van der Waals surface area (Å²) in [5.41, 5.74) is 3.17. The van der Waals surface area contributed by atoms with E-state index in [1.165, 1.54) is 0 Å². The van der Waals surface area contributed by atoms with Crippen molar-refractivity contribution in [3.8, 4) is 0 Å². The highest BCUT2D eigenvalue weighted by Gasteiger charge is 2.33. The summed E-state index contributed by atoms with van der Waals surface area (Å²) in [6, 6.07) is 11.9. The van der Waals surface area contributed by atoms with Gasteiger partial charge in [-0.1, -0.05) is 44.2 Å². The molecular weight excluding hydrogens is 340 g/mol. The molecule has 2 aromatic heterocycles. The van der Waals surface area contributed by atoms with Gasteiger partial charge in [0, 0.05) is 19.8 Å². The first-order chi connectivity index (χ1) is 13.0. The van der Waals surface area contributed by atoms with Crippen molar-refractivity contribution < 1.29 is 9.53 Å². The van der Waals surface area contributed by atoms with Crippen molar-refractivity contribution in [2.24, 2.45) is 13.0 Å². The summed E-state index contributed by atoms with van der Waals surface area (Å²) in [6.45, 7) is 5.37. The maximum atomic E-state index is 13.2. The molecular formula is C21H24N4O2. The molecule has 140 valence electrons. The Morgan fingerprint density at radius 1 is 1.19 bits per heavy atom. The van der Waals surface area contributed by atoms with Crippen LogP contribution in [-0.4, -0.2) is 44.5 Å². The number of ether oxygens (including phenoxy) is 1. The fraction of sp³-hybridized carbons (Fsp3) is 0.381. The van der Waals surface area contributed by atoms with Crippen molar-refractivity contribution in [1.29, 1.82) is 0 Å².